The van der Waals surface area contributed by atoms with Crippen molar-refractivity contribution in [2.75, 3.05) is 26.2 Å². The van der Waals surface area contributed by atoms with Crippen LogP contribution >= 0.6 is 0 Å². The summed E-state index contributed by atoms with van der Waals surface area (Å²) in [5.74, 6) is -0.115. The smallest absolute Gasteiger partial charge is 0.269 e. The van der Waals surface area contributed by atoms with E-state index in [2.05, 4.69) is 0 Å². The van der Waals surface area contributed by atoms with E-state index in [1.807, 2.05) is 26.0 Å². The first-order chi connectivity index (χ1) is 13.2. The van der Waals surface area contributed by atoms with Crippen LogP contribution in [0.3, 0.4) is 0 Å². The van der Waals surface area contributed by atoms with Crippen LogP contribution in [0.2, 0.25) is 0 Å². The molecule has 9 heteroatoms. The summed E-state index contributed by atoms with van der Waals surface area (Å²) in [5.41, 5.74) is 2.57. The maximum atomic E-state index is 12.7. The number of non-ortho nitro benzene ring substituents is 1. The lowest BCUT2D eigenvalue weighted by Gasteiger charge is -2.34. The SMILES string of the molecule is Cc1ccc(C(=O)N2CCN(S(=O)(=O)c3ccc([N+](=O)[O-])cc3)CC2)cc1C. The van der Waals surface area contributed by atoms with Crippen LogP contribution in [-0.2, 0) is 10.0 Å². The molecule has 0 bridgehead atoms. The number of benzene rings is 2. The first-order valence-electron chi connectivity index (χ1n) is 8.81. The molecule has 0 aromatic heterocycles. The fourth-order valence-electron chi connectivity index (χ4n) is 3.08. The number of piperazine rings is 1. The Bertz CT molecular complexity index is 1010. The van der Waals surface area contributed by atoms with E-state index in [1.165, 1.54) is 28.6 Å². The summed E-state index contributed by atoms with van der Waals surface area (Å²) in [6.07, 6.45) is 0. The molecule has 0 aliphatic carbocycles. The normalized spacial score (nSPS) is 15.4. The van der Waals surface area contributed by atoms with Crippen molar-refractivity contribution in [1.82, 2.24) is 9.21 Å². The minimum Gasteiger partial charge on any atom is -0.336 e. The van der Waals surface area contributed by atoms with Gasteiger partial charge >= 0.3 is 0 Å². The number of sulfonamides is 1. The molecule has 1 fully saturated rings. The average molecular weight is 403 g/mol. The number of carbonyl (C=O) groups is 1. The van der Waals surface area contributed by atoms with E-state index in [-0.39, 0.29) is 42.7 Å². The van der Waals surface area contributed by atoms with Gasteiger partial charge in [-0.3, -0.25) is 14.9 Å². The third kappa shape index (κ3) is 3.90. The lowest BCUT2D eigenvalue weighted by Crippen LogP contribution is -2.50. The second-order valence-electron chi connectivity index (χ2n) is 6.75. The van der Waals surface area contributed by atoms with Gasteiger partial charge in [-0.25, -0.2) is 8.42 Å². The molecule has 1 aliphatic rings. The second kappa shape index (κ2) is 7.69. The Labute approximate surface area is 163 Å². The van der Waals surface area contributed by atoms with E-state index in [9.17, 15) is 23.3 Å². The number of hydrogen-bond acceptors (Lipinski definition) is 5. The quantitative estimate of drug-likeness (QED) is 0.576. The van der Waals surface area contributed by atoms with E-state index >= 15 is 0 Å². The first kappa shape index (κ1) is 20.0. The van der Waals surface area contributed by atoms with Crippen molar-refractivity contribution in [3.8, 4) is 0 Å². The van der Waals surface area contributed by atoms with Crippen molar-refractivity contribution < 1.29 is 18.1 Å². The highest BCUT2D eigenvalue weighted by Crippen LogP contribution is 2.21. The van der Waals surface area contributed by atoms with E-state index in [0.717, 1.165) is 11.1 Å². The van der Waals surface area contributed by atoms with Gasteiger partial charge in [0.1, 0.15) is 0 Å². The van der Waals surface area contributed by atoms with Crippen LogP contribution in [0, 0.1) is 24.0 Å². The summed E-state index contributed by atoms with van der Waals surface area (Å²) in [5, 5.41) is 10.7. The summed E-state index contributed by atoms with van der Waals surface area (Å²) in [7, 11) is -3.76. The Hall–Kier alpha value is -2.78. The maximum absolute atomic E-state index is 12.7. The standard InChI is InChI=1S/C19H21N3O5S/c1-14-3-4-16(13-15(14)2)19(23)20-9-11-21(12-10-20)28(26,27)18-7-5-17(6-8-18)22(24)25/h3-8,13H,9-12H2,1-2H3. The maximum Gasteiger partial charge on any atom is 0.269 e. The van der Waals surface area contributed by atoms with Crippen LogP contribution in [0.15, 0.2) is 47.4 Å². The van der Waals surface area contributed by atoms with Crippen molar-refractivity contribution in [1.29, 1.82) is 0 Å². The zero-order valence-electron chi connectivity index (χ0n) is 15.7. The summed E-state index contributed by atoms with van der Waals surface area (Å²) >= 11 is 0. The molecule has 2 aromatic rings. The molecule has 2 aromatic carbocycles. The Balaban J connectivity index is 1.69. The van der Waals surface area contributed by atoms with Gasteiger partial charge in [0.15, 0.2) is 0 Å². The molecule has 0 radical (unpaired) electrons. The molecular weight excluding hydrogens is 382 g/mol. The Morgan fingerprint density at radius 2 is 1.57 bits per heavy atom. The summed E-state index contributed by atoms with van der Waals surface area (Å²) in [4.78, 5) is 24.5. The minimum absolute atomic E-state index is 0.00651. The van der Waals surface area contributed by atoms with Crippen molar-refractivity contribution in [3.05, 3.63) is 69.3 Å². The number of amides is 1. The molecule has 8 nitrogen and oxygen atoms in total. The fourth-order valence-corrected chi connectivity index (χ4v) is 4.50. The van der Waals surface area contributed by atoms with Crippen molar-refractivity contribution in [2.24, 2.45) is 0 Å². The molecule has 148 valence electrons. The van der Waals surface area contributed by atoms with E-state index in [0.29, 0.717) is 5.56 Å². The largest absolute Gasteiger partial charge is 0.336 e. The zero-order valence-corrected chi connectivity index (χ0v) is 16.5. The molecule has 0 atom stereocenters. The van der Waals surface area contributed by atoms with Gasteiger partial charge in [-0.1, -0.05) is 6.07 Å². The van der Waals surface area contributed by atoms with Gasteiger partial charge in [-0.15, -0.1) is 0 Å². The van der Waals surface area contributed by atoms with Crippen LogP contribution in [0.4, 0.5) is 5.69 Å². The monoisotopic (exact) mass is 403 g/mol. The molecule has 3 rings (SSSR count). The fraction of sp³-hybridized carbons (Fsp3) is 0.316. The third-order valence-electron chi connectivity index (χ3n) is 4.97. The van der Waals surface area contributed by atoms with Gasteiger partial charge in [0.25, 0.3) is 11.6 Å². The van der Waals surface area contributed by atoms with Gasteiger partial charge < -0.3 is 4.90 Å². The van der Waals surface area contributed by atoms with Crippen LogP contribution in [0.1, 0.15) is 21.5 Å². The van der Waals surface area contributed by atoms with Crippen LogP contribution < -0.4 is 0 Å². The Morgan fingerprint density at radius 3 is 2.11 bits per heavy atom. The molecule has 0 spiro atoms. The molecule has 0 N–H and O–H groups in total. The first-order valence-corrected chi connectivity index (χ1v) is 10.3. The highest BCUT2D eigenvalue weighted by Gasteiger charge is 2.30. The number of nitrogens with zero attached hydrogens (tertiary/aromatic N) is 3. The molecule has 0 unspecified atom stereocenters. The van der Waals surface area contributed by atoms with Gasteiger partial charge in [0.05, 0.1) is 9.82 Å². The number of rotatable bonds is 4. The summed E-state index contributed by atoms with van der Waals surface area (Å²) < 4.78 is 26.8. The molecule has 1 saturated heterocycles. The zero-order chi connectivity index (χ0) is 20.5. The summed E-state index contributed by atoms with van der Waals surface area (Å²) in [6, 6.07) is 10.3. The van der Waals surface area contributed by atoms with Gasteiger partial charge in [-0.2, -0.15) is 4.31 Å². The number of hydrogen-bond donors (Lipinski definition) is 0. The van der Waals surface area contributed by atoms with Gasteiger partial charge in [0, 0.05) is 43.9 Å². The van der Waals surface area contributed by atoms with Crippen molar-refractivity contribution in [3.63, 3.8) is 0 Å². The van der Waals surface area contributed by atoms with Gasteiger partial charge in [0.2, 0.25) is 10.0 Å². The molecule has 28 heavy (non-hydrogen) atoms. The number of carbonyl (C=O) groups excluding carboxylic acids is 1. The highest BCUT2D eigenvalue weighted by atomic mass is 32.2. The second-order valence-corrected chi connectivity index (χ2v) is 8.68. The third-order valence-corrected chi connectivity index (χ3v) is 6.88. The minimum atomic E-state index is -3.76. The van der Waals surface area contributed by atoms with E-state index in [1.54, 1.807) is 11.0 Å². The average Bonchev–Trinajstić information content (AvgIpc) is 2.69. The van der Waals surface area contributed by atoms with Crippen LogP contribution in [0.25, 0.3) is 0 Å². The topological polar surface area (TPSA) is 101 Å². The van der Waals surface area contributed by atoms with Gasteiger partial charge in [-0.05, 0) is 49.2 Å². The lowest BCUT2D eigenvalue weighted by atomic mass is 10.1. The molecular formula is C19H21N3O5S. The van der Waals surface area contributed by atoms with Crippen LogP contribution in [0.5, 0.6) is 0 Å². The molecule has 0 saturated carbocycles. The lowest BCUT2D eigenvalue weighted by molar-refractivity contribution is -0.384. The number of aryl methyl sites for hydroxylation is 2. The van der Waals surface area contributed by atoms with Crippen molar-refractivity contribution >= 4 is 21.6 Å². The van der Waals surface area contributed by atoms with Crippen LogP contribution in [-0.4, -0.2) is 54.6 Å². The summed E-state index contributed by atoms with van der Waals surface area (Å²) in [6.45, 7) is 4.86. The number of nitro groups is 1. The molecule has 1 heterocycles. The predicted molar refractivity (Wildman–Crippen MR) is 104 cm³/mol. The molecule has 1 aliphatic heterocycles. The molecule has 1 amide bonds. The highest BCUT2D eigenvalue weighted by molar-refractivity contribution is 7.89. The van der Waals surface area contributed by atoms with Crippen molar-refractivity contribution in [2.45, 2.75) is 18.7 Å². The Morgan fingerprint density at radius 1 is 0.964 bits per heavy atom. The Kier molecular flexibility index (Phi) is 5.48. The van der Waals surface area contributed by atoms with E-state index in [4.69, 9.17) is 0 Å². The number of nitro benzene ring substituents is 1. The van der Waals surface area contributed by atoms with E-state index < -0.39 is 14.9 Å². The predicted octanol–water partition coefficient (Wildman–Crippen LogP) is 2.36.